The quantitative estimate of drug-likeness (QED) is 0.699. The monoisotopic (exact) mass is 311 g/mol. The maximum Gasteiger partial charge on any atom is 0.271 e. The Bertz CT molecular complexity index is 687. The van der Waals surface area contributed by atoms with Gasteiger partial charge >= 0.3 is 0 Å². The fourth-order valence-electron chi connectivity index (χ4n) is 1.26. The number of benzene rings is 1. The number of hydrogen-bond acceptors (Lipinski definition) is 3. The maximum absolute atomic E-state index is 13.3. The Morgan fingerprint density at radius 2 is 1.63 bits per heavy atom. The van der Waals surface area contributed by atoms with Crippen LogP contribution in [0.5, 0.6) is 0 Å². The third kappa shape index (κ3) is 2.56. The zero-order chi connectivity index (χ0) is 14.2. The molecule has 0 unspecified atom stereocenters. The van der Waals surface area contributed by atoms with Gasteiger partial charge in [-0.25, -0.2) is 26.0 Å². The van der Waals surface area contributed by atoms with Crippen LogP contribution in [0.2, 0.25) is 0 Å². The van der Waals surface area contributed by atoms with Crippen LogP contribution in [0.4, 0.5) is 23.2 Å². The van der Waals surface area contributed by atoms with Gasteiger partial charge in [-0.1, -0.05) is 6.07 Å². The van der Waals surface area contributed by atoms with E-state index in [9.17, 15) is 26.0 Å². The molecule has 1 heterocycles. The molecule has 9 heteroatoms. The Balaban J connectivity index is 2.51. The van der Waals surface area contributed by atoms with Crippen LogP contribution in [-0.2, 0) is 10.0 Å². The first-order valence-electron chi connectivity index (χ1n) is 4.72. The van der Waals surface area contributed by atoms with Gasteiger partial charge in [0.15, 0.2) is 23.3 Å². The predicted octanol–water partition coefficient (Wildman–Crippen LogP) is 3.11. The highest BCUT2D eigenvalue weighted by Crippen LogP contribution is 2.27. The van der Waals surface area contributed by atoms with Crippen molar-refractivity contribution >= 4 is 27.0 Å². The van der Waals surface area contributed by atoms with E-state index in [1.807, 2.05) is 0 Å². The summed E-state index contributed by atoms with van der Waals surface area (Å²) >= 11 is 0.786. The lowest BCUT2D eigenvalue weighted by atomic mass is 10.3. The summed E-state index contributed by atoms with van der Waals surface area (Å²) in [6.07, 6.45) is 0. The van der Waals surface area contributed by atoms with Crippen molar-refractivity contribution in [2.45, 2.75) is 4.21 Å². The van der Waals surface area contributed by atoms with Gasteiger partial charge in [0.1, 0.15) is 9.90 Å². The van der Waals surface area contributed by atoms with Crippen LogP contribution in [0.3, 0.4) is 0 Å². The second kappa shape index (κ2) is 4.82. The van der Waals surface area contributed by atoms with E-state index in [0.29, 0.717) is 0 Å². The zero-order valence-electron chi connectivity index (χ0n) is 8.95. The van der Waals surface area contributed by atoms with E-state index in [-0.39, 0.29) is 10.3 Å². The summed E-state index contributed by atoms with van der Waals surface area (Å²) in [5, 5.41) is 1.42. The molecular formula is C10H5F4NO2S2. The molecule has 102 valence electrons. The summed E-state index contributed by atoms with van der Waals surface area (Å²) in [7, 11) is -4.29. The van der Waals surface area contributed by atoms with Gasteiger partial charge in [0.05, 0.1) is 0 Å². The molecule has 0 amide bonds. The predicted molar refractivity (Wildman–Crippen MR) is 61.4 cm³/mol. The van der Waals surface area contributed by atoms with Crippen molar-refractivity contribution in [2.24, 2.45) is 0 Å². The summed E-state index contributed by atoms with van der Waals surface area (Å²) in [6, 6.07) is 2.57. The molecule has 0 bridgehead atoms. The fourth-order valence-corrected chi connectivity index (χ4v) is 3.32. The van der Waals surface area contributed by atoms with E-state index in [1.165, 1.54) is 22.2 Å². The average Bonchev–Trinajstić information content (AvgIpc) is 2.87. The normalized spacial score (nSPS) is 11.6. The van der Waals surface area contributed by atoms with E-state index < -0.39 is 39.0 Å². The summed E-state index contributed by atoms with van der Waals surface area (Å²) in [5.74, 6) is -7.00. The SMILES string of the molecule is O=S(=O)(Nc1c(F)c(F)cc(F)c1F)c1cccs1. The first kappa shape index (κ1) is 13.8. The number of thiophene rings is 1. The van der Waals surface area contributed by atoms with Crippen LogP contribution >= 0.6 is 11.3 Å². The number of anilines is 1. The van der Waals surface area contributed by atoms with Crippen molar-refractivity contribution < 1.29 is 26.0 Å². The molecule has 3 nitrogen and oxygen atoms in total. The zero-order valence-corrected chi connectivity index (χ0v) is 10.6. The molecule has 2 aromatic rings. The third-order valence-electron chi connectivity index (χ3n) is 2.11. The first-order chi connectivity index (χ1) is 8.83. The molecule has 1 N–H and O–H groups in total. The number of nitrogens with one attached hydrogen (secondary N) is 1. The number of hydrogen-bond donors (Lipinski definition) is 1. The van der Waals surface area contributed by atoms with Crippen molar-refractivity contribution in [3.05, 3.63) is 46.8 Å². The lowest BCUT2D eigenvalue weighted by molar-refractivity contribution is 0.459. The van der Waals surface area contributed by atoms with E-state index >= 15 is 0 Å². The van der Waals surface area contributed by atoms with Gasteiger partial charge < -0.3 is 0 Å². The minimum absolute atomic E-state index is 0.00634. The van der Waals surface area contributed by atoms with Gasteiger partial charge in [0.25, 0.3) is 10.0 Å². The smallest absolute Gasteiger partial charge is 0.271 e. The standard InChI is InChI=1S/C10H5F4NO2S2/c11-5-4-6(12)9(14)10(8(5)13)15-19(16,17)7-2-1-3-18-7/h1-4,15H. The molecule has 0 fully saturated rings. The van der Waals surface area contributed by atoms with E-state index in [4.69, 9.17) is 0 Å². The number of sulfonamides is 1. The number of rotatable bonds is 3. The minimum atomic E-state index is -4.29. The molecule has 0 aliphatic carbocycles. The van der Waals surface area contributed by atoms with Crippen LogP contribution in [0.1, 0.15) is 0 Å². The van der Waals surface area contributed by atoms with Crippen molar-refractivity contribution in [1.29, 1.82) is 0 Å². The van der Waals surface area contributed by atoms with Crippen LogP contribution in [-0.4, -0.2) is 8.42 Å². The molecule has 0 saturated carbocycles. The Kier molecular flexibility index (Phi) is 3.50. The highest BCUT2D eigenvalue weighted by Gasteiger charge is 2.24. The van der Waals surface area contributed by atoms with Crippen molar-refractivity contribution in [1.82, 2.24) is 0 Å². The van der Waals surface area contributed by atoms with Crippen molar-refractivity contribution in [3.8, 4) is 0 Å². The highest BCUT2D eigenvalue weighted by molar-refractivity contribution is 7.94. The maximum atomic E-state index is 13.3. The molecule has 0 atom stereocenters. The minimum Gasteiger partial charge on any atom is -0.273 e. The third-order valence-corrected chi connectivity index (χ3v) is 4.86. The summed E-state index contributed by atoms with van der Waals surface area (Å²) < 4.78 is 77.1. The highest BCUT2D eigenvalue weighted by atomic mass is 32.2. The molecule has 1 aromatic heterocycles. The van der Waals surface area contributed by atoms with Crippen molar-refractivity contribution in [2.75, 3.05) is 4.72 Å². The van der Waals surface area contributed by atoms with E-state index in [1.54, 1.807) is 0 Å². The molecule has 0 spiro atoms. The van der Waals surface area contributed by atoms with Crippen LogP contribution < -0.4 is 4.72 Å². The lowest BCUT2D eigenvalue weighted by Crippen LogP contribution is -2.15. The molecule has 0 saturated heterocycles. The topological polar surface area (TPSA) is 46.2 Å². The Morgan fingerprint density at radius 1 is 1.05 bits per heavy atom. The summed E-state index contributed by atoms with van der Waals surface area (Å²) in [4.78, 5) is 0. The lowest BCUT2D eigenvalue weighted by Gasteiger charge is -2.09. The largest absolute Gasteiger partial charge is 0.273 e. The van der Waals surface area contributed by atoms with Crippen LogP contribution in [0.15, 0.2) is 27.8 Å². The second-order valence-corrected chi connectivity index (χ2v) is 6.24. The first-order valence-corrected chi connectivity index (χ1v) is 7.08. The van der Waals surface area contributed by atoms with Crippen molar-refractivity contribution in [3.63, 3.8) is 0 Å². The van der Waals surface area contributed by atoms with E-state index in [0.717, 1.165) is 11.3 Å². The molecule has 0 radical (unpaired) electrons. The fraction of sp³-hybridized carbons (Fsp3) is 0. The molecule has 0 aliphatic rings. The Morgan fingerprint density at radius 3 is 2.11 bits per heavy atom. The van der Waals surface area contributed by atoms with Gasteiger partial charge in [-0.05, 0) is 11.4 Å². The van der Waals surface area contributed by atoms with E-state index in [2.05, 4.69) is 0 Å². The molecular weight excluding hydrogens is 306 g/mol. The summed E-state index contributed by atoms with van der Waals surface area (Å²) in [5.41, 5.74) is -1.38. The van der Waals surface area contributed by atoms with Crippen LogP contribution in [0.25, 0.3) is 0 Å². The van der Waals surface area contributed by atoms with Gasteiger partial charge in [-0.15, -0.1) is 11.3 Å². The number of halogens is 4. The Labute approximate surface area is 109 Å². The molecule has 0 aliphatic heterocycles. The molecule has 1 aromatic carbocycles. The Hall–Kier alpha value is -1.61. The molecule has 19 heavy (non-hydrogen) atoms. The summed E-state index contributed by atoms with van der Waals surface area (Å²) in [6.45, 7) is 0. The van der Waals surface area contributed by atoms with Gasteiger partial charge in [0, 0.05) is 6.07 Å². The molecule has 2 rings (SSSR count). The second-order valence-electron chi connectivity index (χ2n) is 3.38. The van der Waals surface area contributed by atoms with Crippen LogP contribution in [0, 0.1) is 23.3 Å². The van der Waals surface area contributed by atoms with Gasteiger partial charge in [0.2, 0.25) is 0 Å². The van der Waals surface area contributed by atoms with Gasteiger partial charge in [-0.2, -0.15) is 0 Å². The van der Waals surface area contributed by atoms with Gasteiger partial charge in [-0.3, -0.25) is 4.72 Å². The average molecular weight is 311 g/mol.